The Morgan fingerprint density at radius 2 is 1.91 bits per heavy atom. The summed E-state index contributed by atoms with van der Waals surface area (Å²) in [6.07, 6.45) is 8.47. The SMILES string of the molecule is Nc1cn(CCN2CC3CCC2C3)cc1-c1ccc(Cl)cc1. The molecule has 2 aliphatic rings. The first kappa shape index (κ1) is 14.2. The highest BCUT2D eigenvalue weighted by Gasteiger charge is 2.37. The standard InChI is InChI=1S/C18H22ClN3/c19-15-4-2-14(3-5-15)17-11-21(12-18(17)20)7-8-22-10-13-1-6-16(22)9-13/h2-5,11-13,16H,1,6-10,20H2. The first-order chi connectivity index (χ1) is 10.7. The molecule has 22 heavy (non-hydrogen) atoms. The molecule has 2 atom stereocenters. The van der Waals surface area contributed by atoms with E-state index in [0.29, 0.717) is 0 Å². The van der Waals surface area contributed by atoms with E-state index in [9.17, 15) is 0 Å². The molecule has 0 radical (unpaired) electrons. The van der Waals surface area contributed by atoms with E-state index in [1.165, 1.54) is 25.8 Å². The molecule has 2 bridgehead atoms. The minimum absolute atomic E-state index is 0.755. The molecule has 2 unspecified atom stereocenters. The maximum absolute atomic E-state index is 6.19. The van der Waals surface area contributed by atoms with Crippen LogP contribution in [0.4, 0.5) is 5.69 Å². The van der Waals surface area contributed by atoms with Gasteiger partial charge in [0.15, 0.2) is 0 Å². The Labute approximate surface area is 136 Å². The Morgan fingerprint density at radius 1 is 1.09 bits per heavy atom. The van der Waals surface area contributed by atoms with E-state index in [2.05, 4.69) is 21.9 Å². The van der Waals surface area contributed by atoms with Gasteiger partial charge in [-0.3, -0.25) is 4.90 Å². The van der Waals surface area contributed by atoms with Crippen LogP contribution in [0.15, 0.2) is 36.7 Å². The summed E-state index contributed by atoms with van der Waals surface area (Å²) < 4.78 is 2.23. The number of aromatic nitrogens is 1. The van der Waals surface area contributed by atoms with E-state index in [0.717, 1.165) is 46.9 Å². The summed E-state index contributed by atoms with van der Waals surface area (Å²) in [5, 5.41) is 0.755. The van der Waals surface area contributed by atoms with Gasteiger partial charge in [-0.15, -0.1) is 0 Å². The third-order valence-electron chi connectivity index (χ3n) is 5.23. The van der Waals surface area contributed by atoms with Crippen molar-refractivity contribution in [1.82, 2.24) is 9.47 Å². The number of nitrogen functional groups attached to an aromatic ring is 1. The molecule has 3 nitrogen and oxygen atoms in total. The van der Waals surface area contributed by atoms with Crippen LogP contribution in [0.1, 0.15) is 19.3 Å². The second-order valence-corrected chi connectivity index (χ2v) is 7.14. The van der Waals surface area contributed by atoms with Gasteiger partial charge in [-0.25, -0.2) is 0 Å². The van der Waals surface area contributed by atoms with Crippen LogP contribution in [0.25, 0.3) is 11.1 Å². The third-order valence-corrected chi connectivity index (χ3v) is 5.49. The molecule has 1 saturated carbocycles. The number of halogens is 1. The molecule has 2 aromatic rings. The van der Waals surface area contributed by atoms with Gasteiger partial charge >= 0.3 is 0 Å². The third kappa shape index (κ3) is 2.64. The number of hydrogen-bond acceptors (Lipinski definition) is 2. The van der Waals surface area contributed by atoms with Crippen molar-refractivity contribution in [3.05, 3.63) is 41.7 Å². The van der Waals surface area contributed by atoms with Gasteiger partial charge in [-0.1, -0.05) is 23.7 Å². The molecule has 1 saturated heterocycles. The second kappa shape index (κ2) is 5.64. The number of nitrogens with zero attached hydrogens (tertiary/aromatic N) is 2. The zero-order valence-corrected chi connectivity index (χ0v) is 13.5. The number of benzene rings is 1. The van der Waals surface area contributed by atoms with Gasteiger partial charge in [-0.2, -0.15) is 0 Å². The molecule has 1 aliphatic carbocycles. The van der Waals surface area contributed by atoms with Gasteiger partial charge in [0.1, 0.15) is 0 Å². The van der Waals surface area contributed by atoms with Crippen LogP contribution < -0.4 is 5.73 Å². The van der Waals surface area contributed by atoms with Crippen LogP contribution in [0.3, 0.4) is 0 Å². The normalized spacial score (nSPS) is 24.2. The zero-order valence-electron chi connectivity index (χ0n) is 12.7. The van der Waals surface area contributed by atoms with Gasteiger partial charge in [0.25, 0.3) is 0 Å². The summed E-state index contributed by atoms with van der Waals surface area (Å²) in [6.45, 7) is 3.45. The lowest BCUT2D eigenvalue weighted by Crippen LogP contribution is -2.34. The van der Waals surface area contributed by atoms with Crippen LogP contribution in [-0.4, -0.2) is 28.6 Å². The Kier molecular flexibility index (Phi) is 3.63. The number of anilines is 1. The molecule has 116 valence electrons. The van der Waals surface area contributed by atoms with Gasteiger partial charge in [-0.05, 0) is 42.9 Å². The quantitative estimate of drug-likeness (QED) is 0.929. The van der Waals surface area contributed by atoms with Crippen molar-refractivity contribution in [2.75, 3.05) is 18.8 Å². The summed E-state index contributed by atoms with van der Waals surface area (Å²) in [6, 6.07) is 8.72. The van der Waals surface area contributed by atoms with E-state index < -0.39 is 0 Å². The molecule has 0 spiro atoms. The minimum atomic E-state index is 0.755. The number of fused-ring (bicyclic) bond motifs is 2. The number of likely N-dealkylation sites (tertiary alicyclic amines) is 1. The average molecular weight is 316 g/mol. The summed E-state index contributed by atoms with van der Waals surface area (Å²) >= 11 is 5.96. The van der Waals surface area contributed by atoms with E-state index in [1.54, 1.807) is 0 Å². The van der Waals surface area contributed by atoms with Crippen LogP contribution in [-0.2, 0) is 6.54 Å². The van der Waals surface area contributed by atoms with Gasteiger partial charge in [0.2, 0.25) is 0 Å². The fourth-order valence-corrected chi connectivity index (χ4v) is 4.20. The molecule has 0 amide bonds. The molecular weight excluding hydrogens is 294 g/mol. The van der Waals surface area contributed by atoms with Crippen LogP contribution >= 0.6 is 11.6 Å². The molecule has 2 fully saturated rings. The highest BCUT2D eigenvalue weighted by molar-refractivity contribution is 6.30. The second-order valence-electron chi connectivity index (χ2n) is 6.70. The van der Waals surface area contributed by atoms with Crippen molar-refractivity contribution in [2.45, 2.75) is 31.8 Å². The highest BCUT2D eigenvalue weighted by atomic mass is 35.5. The average Bonchev–Trinajstić information content (AvgIpc) is 3.21. The largest absolute Gasteiger partial charge is 0.397 e. The van der Waals surface area contributed by atoms with Crippen LogP contribution in [0.2, 0.25) is 5.02 Å². The fraction of sp³-hybridized carbons (Fsp3) is 0.444. The first-order valence-electron chi connectivity index (χ1n) is 8.14. The topological polar surface area (TPSA) is 34.2 Å². The highest BCUT2D eigenvalue weighted by Crippen LogP contribution is 2.37. The monoisotopic (exact) mass is 315 g/mol. The fourth-order valence-electron chi connectivity index (χ4n) is 4.07. The van der Waals surface area contributed by atoms with Gasteiger partial charge < -0.3 is 10.3 Å². The molecule has 2 N–H and O–H groups in total. The molecule has 4 heteroatoms. The molecule has 1 aromatic heterocycles. The molecule has 1 aromatic carbocycles. The van der Waals surface area contributed by atoms with E-state index in [1.807, 2.05) is 24.3 Å². The van der Waals surface area contributed by atoms with Crippen molar-refractivity contribution < 1.29 is 0 Å². The summed E-state index contributed by atoms with van der Waals surface area (Å²) in [5.41, 5.74) is 9.25. The Balaban J connectivity index is 1.45. The lowest BCUT2D eigenvalue weighted by Gasteiger charge is -2.26. The van der Waals surface area contributed by atoms with Crippen molar-refractivity contribution in [2.24, 2.45) is 5.92 Å². The van der Waals surface area contributed by atoms with Crippen LogP contribution in [0.5, 0.6) is 0 Å². The van der Waals surface area contributed by atoms with Crippen molar-refractivity contribution in [1.29, 1.82) is 0 Å². The maximum Gasteiger partial charge on any atom is 0.0573 e. The summed E-state index contributed by atoms with van der Waals surface area (Å²) in [4.78, 5) is 2.66. The molecule has 2 heterocycles. The molecular formula is C18H22ClN3. The summed E-state index contributed by atoms with van der Waals surface area (Å²) in [5.74, 6) is 0.962. The zero-order chi connectivity index (χ0) is 15.1. The number of rotatable bonds is 4. The Morgan fingerprint density at radius 3 is 2.59 bits per heavy atom. The molecule has 4 rings (SSSR count). The first-order valence-corrected chi connectivity index (χ1v) is 8.52. The van der Waals surface area contributed by atoms with Crippen molar-refractivity contribution in [3.63, 3.8) is 0 Å². The lowest BCUT2D eigenvalue weighted by molar-refractivity contribution is 0.206. The van der Waals surface area contributed by atoms with Crippen molar-refractivity contribution >= 4 is 17.3 Å². The van der Waals surface area contributed by atoms with Crippen LogP contribution in [0, 0.1) is 5.92 Å². The number of nitrogens with two attached hydrogens (primary N) is 1. The van der Waals surface area contributed by atoms with Gasteiger partial charge in [0, 0.05) is 48.7 Å². The maximum atomic E-state index is 6.19. The lowest BCUT2D eigenvalue weighted by atomic mass is 10.1. The molecule has 1 aliphatic heterocycles. The number of piperidine rings is 1. The Hall–Kier alpha value is -1.45. The minimum Gasteiger partial charge on any atom is -0.397 e. The summed E-state index contributed by atoms with van der Waals surface area (Å²) in [7, 11) is 0. The van der Waals surface area contributed by atoms with E-state index >= 15 is 0 Å². The van der Waals surface area contributed by atoms with Crippen molar-refractivity contribution in [3.8, 4) is 11.1 Å². The number of hydrogen-bond donors (Lipinski definition) is 1. The van der Waals surface area contributed by atoms with Gasteiger partial charge in [0.05, 0.1) is 5.69 Å². The Bertz CT molecular complexity index is 661. The smallest absolute Gasteiger partial charge is 0.0573 e. The van der Waals surface area contributed by atoms with E-state index in [-0.39, 0.29) is 0 Å². The van der Waals surface area contributed by atoms with E-state index in [4.69, 9.17) is 17.3 Å². The predicted molar refractivity (Wildman–Crippen MR) is 92.0 cm³/mol. The predicted octanol–water partition coefficient (Wildman–Crippen LogP) is 3.88.